The Morgan fingerprint density at radius 1 is 1.00 bits per heavy atom. The predicted molar refractivity (Wildman–Crippen MR) is 87.0 cm³/mol. The van der Waals surface area contributed by atoms with Crippen molar-refractivity contribution in [1.29, 1.82) is 0 Å². The van der Waals surface area contributed by atoms with Crippen LogP contribution in [0, 0.1) is 0 Å². The van der Waals surface area contributed by atoms with E-state index in [4.69, 9.17) is 9.47 Å². The fraction of sp³-hybridized carbons (Fsp3) is 0.333. The molecule has 21 heavy (non-hydrogen) atoms. The van der Waals surface area contributed by atoms with Crippen LogP contribution in [0.2, 0.25) is 0 Å². The first-order chi connectivity index (χ1) is 10.3. The standard InChI is InChI=1S/C18H23NO2/c1-4-19-13-16-11-15(9-10-18(16)20-3)14-7-6-8-17(12-14)21-5-2/h6-12,19H,4-5,13H2,1-3H3. The normalized spacial score (nSPS) is 10.4. The summed E-state index contributed by atoms with van der Waals surface area (Å²) >= 11 is 0. The van der Waals surface area contributed by atoms with Gasteiger partial charge in [-0.05, 0) is 48.9 Å². The highest BCUT2D eigenvalue weighted by Crippen LogP contribution is 2.28. The third kappa shape index (κ3) is 3.99. The van der Waals surface area contributed by atoms with Crippen molar-refractivity contribution in [3.63, 3.8) is 0 Å². The summed E-state index contributed by atoms with van der Waals surface area (Å²) in [4.78, 5) is 0. The lowest BCUT2D eigenvalue weighted by Crippen LogP contribution is -2.12. The Kier molecular flexibility index (Phi) is 5.64. The van der Waals surface area contributed by atoms with Crippen molar-refractivity contribution >= 4 is 0 Å². The molecule has 0 aromatic heterocycles. The van der Waals surface area contributed by atoms with Gasteiger partial charge in [0.05, 0.1) is 13.7 Å². The molecule has 3 heteroatoms. The van der Waals surface area contributed by atoms with Crippen LogP contribution >= 0.6 is 0 Å². The molecule has 1 N–H and O–H groups in total. The average Bonchev–Trinajstić information content (AvgIpc) is 2.53. The third-order valence-corrected chi connectivity index (χ3v) is 3.32. The largest absolute Gasteiger partial charge is 0.496 e. The van der Waals surface area contributed by atoms with Crippen molar-refractivity contribution in [2.75, 3.05) is 20.3 Å². The molecule has 0 aliphatic carbocycles. The quantitative estimate of drug-likeness (QED) is 0.837. The van der Waals surface area contributed by atoms with E-state index in [1.165, 1.54) is 11.1 Å². The number of ether oxygens (including phenoxy) is 2. The first-order valence-corrected chi connectivity index (χ1v) is 7.39. The molecule has 0 heterocycles. The zero-order valence-electron chi connectivity index (χ0n) is 13.0. The highest BCUT2D eigenvalue weighted by atomic mass is 16.5. The molecule has 2 aromatic carbocycles. The maximum Gasteiger partial charge on any atom is 0.123 e. The number of hydrogen-bond acceptors (Lipinski definition) is 3. The number of nitrogens with one attached hydrogen (secondary N) is 1. The van der Waals surface area contributed by atoms with E-state index >= 15 is 0 Å². The molecule has 0 aliphatic heterocycles. The van der Waals surface area contributed by atoms with Crippen molar-refractivity contribution in [2.45, 2.75) is 20.4 Å². The van der Waals surface area contributed by atoms with Crippen LogP contribution in [0.1, 0.15) is 19.4 Å². The van der Waals surface area contributed by atoms with Gasteiger partial charge in [-0.1, -0.05) is 25.1 Å². The van der Waals surface area contributed by atoms with E-state index in [9.17, 15) is 0 Å². The summed E-state index contributed by atoms with van der Waals surface area (Å²) in [6.45, 7) is 6.51. The van der Waals surface area contributed by atoms with E-state index in [1.807, 2.05) is 25.1 Å². The van der Waals surface area contributed by atoms with Crippen LogP contribution in [-0.4, -0.2) is 20.3 Å². The van der Waals surface area contributed by atoms with Crippen LogP contribution < -0.4 is 14.8 Å². The van der Waals surface area contributed by atoms with Gasteiger partial charge in [-0.3, -0.25) is 0 Å². The number of rotatable bonds is 7. The summed E-state index contributed by atoms with van der Waals surface area (Å²) in [7, 11) is 1.71. The molecule has 2 aromatic rings. The Labute approximate surface area is 126 Å². The second-order valence-electron chi connectivity index (χ2n) is 4.77. The number of benzene rings is 2. The Morgan fingerprint density at radius 2 is 1.81 bits per heavy atom. The molecule has 0 saturated carbocycles. The van der Waals surface area contributed by atoms with Gasteiger partial charge < -0.3 is 14.8 Å². The van der Waals surface area contributed by atoms with Crippen molar-refractivity contribution in [1.82, 2.24) is 5.32 Å². The van der Waals surface area contributed by atoms with Gasteiger partial charge in [0.2, 0.25) is 0 Å². The van der Waals surface area contributed by atoms with E-state index in [2.05, 4.69) is 36.5 Å². The van der Waals surface area contributed by atoms with E-state index in [0.29, 0.717) is 6.61 Å². The van der Waals surface area contributed by atoms with Crippen LogP contribution in [0.15, 0.2) is 42.5 Å². The van der Waals surface area contributed by atoms with Crippen LogP contribution in [0.4, 0.5) is 0 Å². The molecule has 112 valence electrons. The minimum absolute atomic E-state index is 0.678. The lowest BCUT2D eigenvalue weighted by molar-refractivity contribution is 0.340. The van der Waals surface area contributed by atoms with Gasteiger partial charge in [-0.2, -0.15) is 0 Å². The topological polar surface area (TPSA) is 30.5 Å². The van der Waals surface area contributed by atoms with Gasteiger partial charge >= 0.3 is 0 Å². The monoisotopic (exact) mass is 285 g/mol. The second-order valence-corrected chi connectivity index (χ2v) is 4.77. The van der Waals surface area contributed by atoms with Crippen LogP contribution in [0.5, 0.6) is 11.5 Å². The van der Waals surface area contributed by atoms with Gasteiger partial charge in [-0.15, -0.1) is 0 Å². The van der Waals surface area contributed by atoms with Gasteiger partial charge in [0.1, 0.15) is 11.5 Å². The maximum atomic E-state index is 5.57. The Bertz CT molecular complexity index is 581. The zero-order chi connectivity index (χ0) is 15.1. The summed E-state index contributed by atoms with van der Waals surface area (Å²) < 4.78 is 11.0. The van der Waals surface area contributed by atoms with Crippen molar-refractivity contribution in [3.8, 4) is 22.6 Å². The predicted octanol–water partition coefficient (Wildman–Crippen LogP) is 3.87. The van der Waals surface area contributed by atoms with Gasteiger partial charge in [0.25, 0.3) is 0 Å². The highest BCUT2D eigenvalue weighted by Gasteiger charge is 2.06. The van der Waals surface area contributed by atoms with E-state index in [-0.39, 0.29) is 0 Å². The minimum atomic E-state index is 0.678. The van der Waals surface area contributed by atoms with Crippen LogP contribution in [0.25, 0.3) is 11.1 Å². The molecule has 0 saturated heterocycles. The molecule has 0 bridgehead atoms. The summed E-state index contributed by atoms with van der Waals surface area (Å²) in [5, 5.41) is 3.34. The third-order valence-electron chi connectivity index (χ3n) is 3.32. The SMILES string of the molecule is CCNCc1cc(-c2cccc(OCC)c2)ccc1OC. The Hall–Kier alpha value is -2.00. The molecule has 0 amide bonds. The summed E-state index contributed by atoms with van der Waals surface area (Å²) in [6, 6.07) is 14.5. The molecule has 0 radical (unpaired) electrons. The van der Waals surface area contributed by atoms with Crippen LogP contribution in [0.3, 0.4) is 0 Å². The molecule has 0 fully saturated rings. The van der Waals surface area contributed by atoms with Crippen LogP contribution in [-0.2, 0) is 6.54 Å². The lowest BCUT2D eigenvalue weighted by Gasteiger charge is -2.12. The molecule has 2 rings (SSSR count). The number of methoxy groups -OCH3 is 1. The average molecular weight is 285 g/mol. The molecule has 3 nitrogen and oxygen atoms in total. The van der Waals surface area contributed by atoms with Crippen molar-refractivity contribution in [3.05, 3.63) is 48.0 Å². The highest BCUT2D eigenvalue weighted by molar-refractivity contribution is 5.67. The molecular weight excluding hydrogens is 262 g/mol. The molecule has 0 spiro atoms. The Morgan fingerprint density at radius 3 is 2.52 bits per heavy atom. The van der Waals surface area contributed by atoms with E-state index in [0.717, 1.165) is 30.2 Å². The van der Waals surface area contributed by atoms with Gasteiger partial charge in [0, 0.05) is 12.1 Å². The summed E-state index contributed by atoms with van der Waals surface area (Å²) in [5.41, 5.74) is 3.49. The van der Waals surface area contributed by atoms with E-state index in [1.54, 1.807) is 7.11 Å². The van der Waals surface area contributed by atoms with E-state index < -0.39 is 0 Å². The fourth-order valence-corrected chi connectivity index (χ4v) is 2.29. The fourth-order valence-electron chi connectivity index (χ4n) is 2.29. The van der Waals surface area contributed by atoms with Crippen molar-refractivity contribution < 1.29 is 9.47 Å². The molecule has 0 aliphatic rings. The first-order valence-electron chi connectivity index (χ1n) is 7.39. The summed E-state index contributed by atoms with van der Waals surface area (Å²) in [6.07, 6.45) is 0. The first kappa shape index (κ1) is 15.4. The second kappa shape index (κ2) is 7.70. The number of hydrogen-bond donors (Lipinski definition) is 1. The summed E-state index contributed by atoms with van der Waals surface area (Å²) in [5.74, 6) is 1.82. The molecule has 0 atom stereocenters. The molecule has 0 unspecified atom stereocenters. The molecular formula is C18H23NO2. The Balaban J connectivity index is 2.32. The zero-order valence-corrected chi connectivity index (χ0v) is 13.0. The van der Waals surface area contributed by atoms with Gasteiger partial charge in [0.15, 0.2) is 0 Å². The van der Waals surface area contributed by atoms with Crippen molar-refractivity contribution in [2.24, 2.45) is 0 Å². The maximum absolute atomic E-state index is 5.57. The minimum Gasteiger partial charge on any atom is -0.496 e. The smallest absolute Gasteiger partial charge is 0.123 e. The lowest BCUT2D eigenvalue weighted by atomic mass is 10.0. The van der Waals surface area contributed by atoms with Gasteiger partial charge in [-0.25, -0.2) is 0 Å².